The Balaban J connectivity index is 0.00000280. The molecule has 0 amide bonds. The van der Waals surface area contributed by atoms with E-state index in [0.29, 0.717) is 50.0 Å². The smallest absolute Gasteiger partial charge is 0.213 e. The zero-order valence-electron chi connectivity index (χ0n) is 20.8. The number of nitriles is 1. The zero-order valence-corrected chi connectivity index (χ0v) is 21.6. The van der Waals surface area contributed by atoms with Crippen molar-refractivity contribution in [3.8, 4) is 23.4 Å². The predicted molar refractivity (Wildman–Crippen MR) is 138 cm³/mol. The second kappa shape index (κ2) is 10.3. The highest BCUT2D eigenvalue weighted by Gasteiger charge is 2.49. The molecule has 3 fully saturated rings. The largest absolute Gasteiger partial charge is 0.486 e. The standard InChI is InChI=1S/C27H29N5O4.ClH/c1-33-24-3-2-21-25(32-24)20(18(13-28)14-30-21)4-5-27-8-6-26(7-9-27,17-36-27)31-15-19-12-22-23(16-29-19)35-11-10-34-22;/h2-3,12,14,16,31H,4-11,15,17H2,1H3;1H. The molecule has 0 spiro atoms. The van der Waals surface area contributed by atoms with Crippen LogP contribution in [0.5, 0.6) is 17.4 Å². The van der Waals surface area contributed by atoms with Gasteiger partial charge < -0.3 is 24.3 Å². The van der Waals surface area contributed by atoms with Gasteiger partial charge in [-0.15, -0.1) is 12.4 Å². The second-order valence-corrected chi connectivity index (χ2v) is 9.91. The quantitative estimate of drug-likeness (QED) is 0.492. The van der Waals surface area contributed by atoms with E-state index in [1.165, 1.54) is 0 Å². The molecule has 0 radical (unpaired) electrons. The number of halogens is 1. The minimum atomic E-state index is -0.167. The van der Waals surface area contributed by atoms with E-state index in [2.05, 4.69) is 26.3 Å². The number of rotatable bonds is 7. The van der Waals surface area contributed by atoms with Crippen molar-refractivity contribution in [1.29, 1.82) is 5.26 Å². The highest BCUT2D eigenvalue weighted by atomic mass is 35.5. The first kappa shape index (κ1) is 25.5. The number of fused-ring (bicyclic) bond motifs is 5. The lowest BCUT2D eigenvalue weighted by atomic mass is 9.69. The lowest BCUT2D eigenvalue weighted by Gasteiger charge is -2.53. The number of hydrogen-bond donors (Lipinski definition) is 1. The van der Waals surface area contributed by atoms with Crippen LogP contribution in [0.2, 0.25) is 0 Å². The van der Waals surface area contributed by atoms with Crippen LogP contribution in [0.15, 0.2) is 30.6 Å². The number of pyridine rings is 3. The first-order valence-corrected chi connectivity index (χ1v) is 12.5. The maximum absolute atomic E-state index is 9.71. The Morgan fingerprint density at radius 1 is 1.08 bits per heavy atom. The van der Waals surface area contributed by atoms with Gasteiger partial charge in [-0.3, -0.25) is 9.97 Å². The van der Waals surface area contributed by atoms with Crippen LogP contribution in [0.4, 0.5) is 0 Å². The van der Waals surface area contributed by atoms with Crippen molar-refractivity contribution >= 4 is 23.4 Å². The summed E-state index contributed by atoms with van der Waals surface area (Å²) in [6.07, 6.45) is 9.01. The summed E-state index contributed by atoms with van der Waals surface area (Å²) in [4.78, 5) is 13.5. The molecular formula is C27H30ClN5O4. The molecule has 37 heavy (non-hydrogen) atoms. The molecule has 0 aromatic carbocycles. The minimum absolute atomic E-state index is 0. The topological polar surface area (TPSA) is 111 Å². The van der Waals surface area contributed by atoms with Crippen LogP contribution in [0.25, 0.3) is 11.0 Å². The summed E-state index contributed by atoms with van der Waals surface area (Å²) in [5.74, 6) is 2.00. The Morgan fingerprint density at radius 3 is 2.62 bits per heavy atom. The molecule has 4 aliphatic rings. The van der Waals surface area contributed by atoms with E-state index in [-0.39, 0.29) is 23.5 Å². The summed E-state index contributed by atoms with van der Waals surface area (Å²) >= 11 is 0. The molecule has 1 saturated carbocycles. The van der Waals surface area contributed by atoms with Gasteiger partial charge in [-0.1, -0.05) is 0 Å². The average molecular weight is 524 g/mol. The molecule has 6 heterocycles. The molecule has 10 heteroatoms. The molecule has 3 aliphatic heterocycles. The van der Waals surface area contributed by atoms with E-state index in [1.807, 2.05) is 12.1 Å². The number of methoxy groups -OCH3 is 1. The molecular weight excluding hydrogens is 494 g/mol. The van der Waals surface area contributed by atoms with Crippen LogP contribution in [-0.2, 0) is 17.7 Å². The third kappa shape index (κ3) is 4.89. The van der Waals surface area contributed by atoms with Crippen molar-refractivity contribution in [3.63, 3.8) is 0 Å². The van der Waals surface area contributed by atoms with Gasteiger partial charge in [0.05, 0.1) is 47.8 Å². The number of hydrogen-bond acceptors (Lipinski definition) is 9. The first-order valence-electron chi connectivity index (χ1n) is 12.5. The van der Waals surface area contributed by atoms with Crippen LogP contribution in [0.1, 0.15) is 48.9 Å². The van der Waals surface area contributed by atoms with Crippen molar-refractivity contribution in [2.45, 2.75) is 56.2 Å². The van der Waals surface area contributed by atoms with Crippen molar-refractivity contribution < 1.29 is 18.9 Å². The molecule has 0 atom stereocenters. The van der Waals surface area contributed by atoms with Crippen LogP contribution in [-0.4, -0.2) is 53.0 Å². The number of aromatic nitrogens is 3. The SMILES string of the molecule is COc1ccc2ncc(C#N)c(CCC34CCC(NCc5cc6c(cn5)OCCO6)(CC3)CO4)c2n1.Cl. The van der Waals surface area contributed by atoms with E-state index < -0.39 is 0 Å². The first-order chi connectivity index (χ1) is 17.6. The number of nitrogens with one attached hydrogen (secondary N) is 1. The van der Waals surface area contributed by atoms with Crippen molar-refractivity contribution in [2.24, 2.45) is 0 Å². The highest BCUT2D eigenvalue weighted by Crippen LogP contribution is 2.46. The lowest BCUT2D eigenvalue weighted by Crippen LogP contribution is -2.61. The third-order valence-corrected chi connectivity index (χ3v) is 7.86. The van der Waals surface area contributed by atoms with Crippen molar-refractivity contribution in [3.05, 3.63) is 47.4 Å². The maximum Gasteiger partial charge on any atom is 0.213 e. The fourth-order valence-corrected chi connectivity index (χ4v) is 5.59. The molecule has 1 aliphatic carbocycles. The number of ether oxygens (including phenoxy) is 4. The lowest BCUT2D eigenvalue weighted by molar-refractivity contribution is -0.165. The molecule has 7 rings (SSSR count). The minimum Gasteiger partial charge on any atom is -0.486 e. The van der Waals surface area contributed by atoms with Gasteiger partial charge >= 0.3 is 0 Å². The molecule has 3 aromatic heterocycles. The van der Waals surface area contributed by atoms with Gasteiger partial charge in [0.25, 0.3) is 0 Å². The maximum atomic E-state index is 9.71. The van der Waals surface area contributed by atoms with Crippen LogP contribution < -0.4 is 19.5 Å². The molecule has 3 aromatic rings. The summed E-state index contributed by atoms with van der Waals surface area (Å²) in [6, 6.07) is 7.94. The third-order valence-electron chi connectivity index (χ3n) is 7.86. The Kier molecular flexibility index (Phi) is 7.08. The van der Waals surface area contributed by atoms with Gasteiger partial charge in [-0.25, -0.2) is 4.98 Å². The Bertz CT molecular complexity index is 1320. The summed E-state index contributed by atoms with van der Waals surface area (Å²) in [7, 11) is 1.59. The average Bonchev–Trinajstić information content (AvgIpc) is 2.95. The number of aryl methyl sites for hydroxylation is 1. The van der Waals surface area contributed by atoms with E-state index in [4.69, 9.17) is 18.9 Å². The molecule has 9 nitrogen and oxygen atoms in total. The summed E-state index contributed by atoms with van der Waals surface area (Å²) < 4.78 is 23.1. The summed E-state index contributed by atoms with van der Waals surface area (Å²) in [5.41, 5.74) is 3.73. The van der Waals surface area contributed by atoms with Crippen molar-refractivity contribution in [2.75, 3.05) is 26.9 Å². The fourth-order valence-electron chi connectivity index (χ4n) is 5.59. The predicted octanol–water partition coefficient (Wildman–Crippen LogP) is 3.90. The van der Waals surface area contributed by atoms with Gasteiger partial charge in [0.2, 0.25) is 5.88 Å². The molecule has 1 N–H and O–H groups in total. The van der Waals surface area contributed by atoms with Crippen LogP contribution >= 0.6 is 12.4 Å². The Labute approximate surface area is 221 Å². The van der Waals surface area contributed by atoms with Crippen LogP contribution in [0, 0.1) is 11.3 Å². The van der Waals surface area contributed by atoms with E-state index >= 15 is 0 Å². The molecule has 0 unspecified atom stereocenters. The highest BCUT2D eigenvalue weighted by molar-refractivity contribution is 5.85. The summed E-state index contributed by atoms with van der Waals surface area (Å²) in [5, 5.41) is 13.4. The van der Waals surface area contributed by atoms with Gasteiger partial charge in [-0.05, 0) is 50.2 Å². The van der Waals surface area contributed by atoms with E-state index in [0.717, 1.165) is 60.1 Å². The fraction of sp³-hybridized carbons (Fsp3) is 0.481. The van der Waals surface area contributed by atoms with Crippen LogP contribution in [0.3, 0.4) is 0 Å². The van der Waals surface area contributed by atoms with Gasteiger partial charge in [-0.2, -0.15) is 5.26 Å². The van der Waals surface area contributed by atoms with Gasteiger partial charge in [0, 0.05) is 30.4 Å². The van der Waals surface area contributed by atoms with Gasteiger partial charge in [0.15, 0.2) is 11.5 Å². The van der Waals surface area contributed by atoms with Crippen molar-refractivity contribution in [1.82, 2.24) is 20.3 Å². The second-order valence-electron chi connectivity index (χ2n) is 9.91. The molecule has 2 saturated heterocycles. The Morgan fingerprint density at radius 2 is 1.89 bits per heavy atom. The normalized spacial score (nSPS) is 23.8. The zero-order chi connectivity index (χ0) is 24.6. The van der Waals surface area contributed by atoms with Gasteiger partial charge in [0.1, 0.15) is 19.3 Å². The monoisotopic (exact) mass is 523 g/mol. The molecule has 194 valence electrons. The summed E-state index contributed by atoms with van der Waals surface area (Å²) in [6.45, 7) is 2.47. The van der Waals surface area contributed by atoms with E-state index in [9.17, 15) is 5.26 Å². The number of nitrogens with zero attached hydrogens (tertiary/aromatic N) is 4. The Hall–Kier alpha value is -3.19. The van der Waals surface area contributed by atoms with E-state index in [1.54, 1.807) is 25.6 Å². The molecule has 2 bridgehead atoms.